The predicted molar refractivity (Wildman–Crippen MR) is 67.1 cm³/mol. The molecule has 0 aromatic heterocycles. The zero-order valence-electron chi connectivity index (χ0n) is 11.1. The topological polar surface area (TPSA) is 55.8 Å². The normalized spacial score (nSPS) is 32.8. The minimum absolute atomic E-state index is 0.00515. The van der Waals surface area contributed by atoms with E-state index < -0.39 is 11.6 Å². The van der Waals surface area contributed by atoms with Gasteiger partial charge in [0, 0.05) is 5.92 Å². The number of rotatable bonds is 4. The van der Waals surface area contributed by atoms with Crippen LogP contribution in [0.1, 0.15) is 33.6 Å². The Kier molecular flexibility index (Phi) is 3.23. The van der Waals surface area contributed by atoms with Crippen LogP contribution in [0.15, 0.2) is 24.0 Å². The van der Waals surface area contributed by atoms with E-state index in [1.807, 2.05) is 19.1 Å². The molecular formula is C14H20O4. The van der Waals surface area contributed by atoms with E-state index in [2.05, 4.69) is 19.9 Å². The van der Waals surface area contributed by atoms with Gasteiger partial charge < -0.3 is 14.6 Å². The first kappa shape index (κ1) is 13.1. The van der Waals surface area contributed by atoms with Gasteiger partial charge in [-0.25, -0.2) is 0 Å². The lowest BCUT2D eigenvalue weighted by Crippen LogP contribution is -2.37. The first-order valence-electron chi connectivity index (χ1n) is 6.27. The van der Waals surface area contributed by atoms with Gasteiger partial charge in [-0.15, -0.1) is 0 Å². The Morgan fingerprint density at radius 2 is 2.28 bits per heavy atom. The fourth-order valence-corrected chi connectivity index (χ4v) is 2.78. The van der Waals surface area contributed by atoms with E-state index in [0.29, 0.717) is 0 Å². The number of allylic oxidation sites excluding steroid dienone is 2. The molecule has 0 amide bonds. The maximum Gasteiger partial charge on any atom is 0.306 e. The second kappa shape index (κ2) is 4.43. The molecule has 18 heavy (non-hydrogen) atoms. The van der Waals surface area contributed by atoms with Gasteiger partial charge in [0.2, 0.25) is 0 Å². The molecule has 2 unspecified atom stereocenters. The summed E-state index contributed by atoms with van der Waals surface area (Å²) in [5.41, 5.74) is -0.639. The molecule has 0 radical (unpaired) electrons. The molecule has 2 rings (SSSR count). The van der Waals surface area contributed by atoms with E-state index in [4.69, 9.17) is 14.6 Å². The van der Waals surface area contributed by atoms with Gasteiger partial charge >= 0.3 is 5.97 Å². The lowest BCUT2D eigenvalue weighted by atomic mass is 9.82. The summed E-state index contributed by atoms with van der Waals surface area (Å²) < 4.78 is 11.7. The number of fused-ring (bicyclic) bond motifs is 1. The standard InChI is InChI=1S/C14H20O4/c1-13(2)9-10-5-4-6-11(14(10,3)18-13)17-8-7-12(15)16/h4-6,10H,7-9H2,1-3H3,(H,15,16). The average Bonchev–Trinajstić information content (AvgIpc) is 2.47. The van der Waals surface area contributed by atoms with E-state index >= 15 is 0 Å². The van der Waals surface area contributed by atoms with Crippen LogP contribution in [0.25, 0.3) is 0 Å². The van der Waals surface area contributed by atoms with E-state index in [0.717, 1.165) is 12.2 Å². The SMILES string of the molecule is CC1(C)CC2C=CC=C(OCCC(=O)O)C2(C)O1. The van der Waals surface area contributed by atoms with Crippen LogP contribution < -0.4 is 0 Å². The second-order valence-electron chi connectivity index (χ2n) is 5.69. The predicted octanol–water partition coefficient (Wildman–Crippen LogP) is 2.51. The molecule has 1 saturated heterocycles. The van der Waals surface area contributed by atoms with E-state index in [-0.39, 0.29) is 24.5 Å². The second-order valence-corrected chi connectivity index (χ2v) is 5.69. The molecule has 0 bridgehead atoms. The number of hydrogen-bond acceptors (Lipinski definition) is 3. The molecule has 1 heterocycles. The van der Waals surface area contributed by atoms with Crippen LogP contribution in [0.2, 0.25) is 0 Å². The minimum Gasteiger partial charge on any atom is -0.494 e. The number of carbonyl (C=O) groups is 1. The molecule has 4 heteroatoms. The molecule has 1 N–H and O–H groups in total. The van der Waals surface area contributed by atoms with Gasteiger partial charge in [-0.2, -0.15) is 0 Å². The molecule has 1 aliphatic carbocycles. The molecule has 0 aromatic carbocycles. The molecule has 0 saturated carbocycles. The molecule has 2 aliphatic rings. The third-order valence-corrected chi connectivity index (χ3v) is 3.56. The number of carboxylic acid groups (broad SMARTS) is 1. The fraction of sp³-hybridized carbons (Fsp3) is 0.643. The maximum atomic E-state index is 10.5. The highest BCUT2D eigenvalue weighted by atomic mass is 16.6. The van der Waals surface area contributed by atoms with Crippen molar-refractivity contribution in [1.82, 2.24) is 0 Å². The average molecular weight is 252 g/mol. The van der Waals surface area contributed by atoms with Crippen molar-refractivity contribution >= 4 is 5.97 Å². The summed E-state index contributed by atoms with van der Waals surface area (Å²) in [6.07, 6.45) is 6.93. The van der Waals surface area contributed by atoms with Crippen LogP contribution in [-0.4, -0.2) is 28.9 Å². The first-order valence-corrected chi connectivity index (χ1v) is 6.27. The number of hydrogen-bond donors (Lipinski definition) is 1. The Labute approximate surface area is 107 Å². The van der Waals surface area contributed by atoms with Crippen LogP contribution >= 0.6 is 0 Å². The van der Waals surface area contributed by atoms with Gasteiger partial charge in [0.25, 0.3) is 0 Å². The van der Waals surface area contributed by atoms with Crippen LogP contribution in [0.4, 0.5) is 0 Å². The van der Waals surface area contributed by atoms with E-state index in [1.54, 1.807) is 0 Å². The van der Waals surface area contributed by atoms with Crippen LogP contribution in [-0.2, 0) is 14.3 Å². The van der Waals surface area contributed by atoms with Gasteiger partial charge in [-0.05, 0) is 33.3 Å². The largest absolute Gasteiger partial charge is 0.494 e. The lowest BCUT2D eigenvalue weighted by molar-refractivity contribution is -0.138. The highest BCUT2D eigenvalue weighted by Crippen LogP contribution is 2.48. The van der Waals surface area contributed by atoms with Gasteiger partial charge in [-0.1, -0.05) is 12.2 Å². The zero-order valence-corrected chi connectivity index (χ0v) is 11.1. The summed E-state index contributed by atoms with van der Waals surface area (Å²) >= 11 is 0. The van der Waals surface area contributed by atoms with Crippen molar-refractivity contribution in [2.75, 3.05) is 6.61 Å². The summed E-state index contributed by atoms with van der Waals surface area (Å²) in [5, 5.41) is 8.63. The van der Waals surface area contributed by atoms with Gasteiger partial charge in [0.15, 0.2) is 0 Å². The Morgan fingerprint density at radius 1 is 1.56 bits per heavy atom. The molecule has 100 valence electrons. The third kappa shape index (κ3) is 2.43. The van der Waals surface area contributed by atoms with Crippen LogP contribution in [0.5, 0.6) is 0 Å². The summed E-state index contributed by atoms with van der Waals surface area (Å²) in [5.74, 6) is 0.176. The van der Waals surface area contributed by atoms with Gasteiger partial charge in [0.1, 0.15) is 11.4 Å². The number of ether oxygens (including phenoxy) is 2. The smallest absolute Gasteiger partial charge is 0.306 e. The van der Waals surface area contributed by atoms with E-state index in [1.165, 1.54) is 0 Å². The van der Waals surface area contributed by atoms with Crippen molar-refractivity contribution in [2.45, 2.75) is 44.8 Å². The van der Waals surface area contributed by atoms with Crippen LogP contribution in [0.3, 0.4) is 0 Å². The Hall–Kier alpha value is -1.29. The van der Waals surface area contributed by atoms with Gasteiger partial charge in [-0.3, -0.25) is 4.79 Å². The summed E-state index contributed by atoms with van der Waals surface area (Å²) in [6, 6.07) is 0. The monoisotopic (exact) mass is 252 g/mol. The summed E-state index contributed by atoms with van der Waals surface area (Å²) in [7, 11) is 0. The summed E-state index contributed by atoms with van der Waals surface area (Å²) in [6.45, 7) is 6.34. The van der Waals surface area contributed by atoms with Crippen molar-refractivity contribution in [1.29, 1.82) is 0 Å². The van der Waals surface area contributed by atoms with Gasteiger partial charge in [0.05, 0.1) is 18.6 Å². The molecule has 1 fully saturated rings. The number of carboxylic acids is 1. The van der Waals surface area contributed by atoms with Crippen molar-refractivity contribution in [3.8, 4) is 0 Å². The van der Waals surface area contributed by atoms with Crippen LogP contribution in [0, 0.1) is 5.92 Å². The zero-order chi connectivity index (χ0) is 13.4. The highest BCUT2D eigenvalue weighted by molar-refractivity contribution is 5.66. The Morgan fingerprint density at radius 3 is 2.94 bits per heavy atom. The molecular weight excluding hydrogens is 232 g/mol. The lowest BCUT2D eigenvalue weighted by Gasteiger charge is -2.34. The third-order valence-electron chi connectivity index (χ3n) is 3.56. The quantitative estimate of drug-likeness (QED) is 0.835. The van der Waals surface area contributed by atoms with Crippen molar-refractivity contribution in [2.24, 2.45) is 5.92 Å². The molecule has 0 aromatic rings. The summed E-state index contributed by atoms with van der Waals surface area (Å²) in [4.78, 5) is 10.5. The van der Waals surface area contributed by atoms with E-state index in [9.17, 15) is 4.79 Å². The molecule has 4 nitrogen and oxygen atoms in total. The fourth-order valence-electron chi connectivity index (χ4n) is 2.78. The Bertz CT molecular complexity index is 408. The Balaban J connectivity index is 2.08. The maximum absolute atomic E-state index is 10.5. The highest BCUT2D eigenvalue weighted by Gasteiger charge is 2.51. The molecule has 1 aliphatic heterocycles. The number of aliphatic carboxylic acids is 1. The first-order chi connectivity index (χ1) is 8.33. The molecule has 2 atom stereocenters. The molecule has 0 spiro atoms. The van der Waals surface area contributed by atoms with Crippen molar-refractivity contribution < 1.29 is 19.4 Å². The van der Waals surface area contributed by atoms with Crippen molar-refractivity contribution in [3.63, 3.8) is 0 Å². The minimum atomic E-state index is -0.851. The van der Waals surface area contributed by atoms with Crippen molar-refractivity contribution in [3.05, 3.63) is 24.0 Å².